The van der Waals surface area contributed by atoms with Gasteiger partial charge in [-0.15, -0.1) is 0 Å². The van der Waals surface area contributed by atoms with Crippen LogP contribution in [0.5, 0.6) is 0 Å². The molecule has 0 heterocycles. The van der Waals surface area contributed by atoms with Crippen molar-refractivity contribution in [3.8, 4) is 0 Å². The molecular formula is C14H27N3O3. The summed E-state index contributed by atoms with van der Waals surface area (Å²) in [5.41, 5.74) is -0.542. The number of unbranched alkanes of at least 4 members (excludes halogenated alkanes) is 1. The predicted molar refractivity (Wildman–Crippen MR) is 77.8 cm³/mol. The molecule has 0 radical (unpaired) electrons. The van der Waals surface area contributed by atoms with Crippen LogP contribution >= 0.6 is 0 Å². The topological polar surface area (TPSA) is 81.7 Å². The highest BCUT2D eigenvalue weighted by Crippen LogP contribution is 2.32. The monoisotopic (exact) mass is 285 g/mol. The molecule has 0 saturated heterocycles. The second kappa shape index (κ2) is 8.09. The van der Waals surface area contributed by atoms with Crippen molar-refractivity contribution in [3.63, 3.8) is 0 Å². The lowest BCUT2D eigenvalue weighted by Gasteiger charge is -2.28. The first-order valence-electron chi connectivity index (χ1n) is 7.36. The van der Waals surface area contributed by atoms with E-state index in [9.17, 15) is 9.59 Å². The van der Waals surface area contributed by atoms with Gasteiger partial charge in [-0.2, -0.15) is 0 Å². The number of carbonyl (C=O) groups excluding carboxylic acids is 1. The van der Waals surface area contributed by atoms with Gasteiger partial charge in [0, 0.05) is 6.54 Å². The van der Waals surface area contributed by atoms with Crippen LogP contribution in [0.3, 0.4) is 0 Å². The number of hydrogen-bond donors (Lipinski definition) is 3. The zero-order chi connectivity index (χ0) is 15.0. The molecule has 0 aromatic heterocycles. The fraction of sp³-hybridized carbons (Fsp3) is 0.857. The summed E-state index contributed by atoms with van der Waals surface area (Å²) in [6.45, 7) is 1.63. The highest BCUT2D eigenvalue weighted by molar-refractivity contribution is 5.76. The van der Waals surface area contributed by atoms with E-state index in [0.717, 1.165) is 45.1 Å². The summed E-state index contributed by atoms with van der Waals surface area (Å²) in [5.74, 6) is -0.849. The Morgan fingerprint density at radius 3 is 2.40 bits per heavy atom. The summed E-state index contributed by atoms with van der Waals surface area (Å²) in [6, 6.07) is -0.238. The summed E-state index contributed by atoms with van der Waals surface area (Å²) in [4.78, 5) is 24.9. The maximum Gasteiger partial charge on any atom is 0.315 e. The Kier molecular flexibility index (Phi) is 6.78. The van der Waals surface area contributed by atoms with Gasteiger partial charge in [0.05, 0.1) is 12.0 Å². The second-order valence-corrected chi connectivity index (χ2v) is 5.95. The normalized spacial score (nSPS) is 17.1. The number of amides is 2. The van der Waals surface area contributed by atoms with E-state index in [1.807, 2.05) is 14.1 Å². The minimum absolute atomic E-state index is 0.0149. The van der Waals surface area contributed by atoms with E-state index >= 15 is 0 Å². The fourth-order valence-electron chi connectivity index (χ4n) is 2.73. The van der Waals surface area contributed by atoms with Crippen LogP contribution in [0.15, 0.2) is 0 Å². The van der Waals surface area contributed by atoms with Crippen LogP contribution in [-0.2, 0) is 4.79 Å². The van der Waals surface area contributed by atoms with Gasteiger partial charge in [0.2, 0.25) is 0 Å². The molecule has 1 saturated carbocycles. The Hall–Kier alpha value is -1.30. The molecule has 0 spiro atoms. The maximum atomic E-state index is 11.9. The van der Waals surface area contributed by atoms with Crippen molar-refractivity contribution in [1.29, 1.82) is 0 Å². The first kappa shape index (κ1) is 16.8. The molecular weight excluding hydrogens is 258 g/mol. The molecule has 0 aromatic rings. The van der Waals surface area contributed by atoms with Crippen molar-refractivity contribution in [2.75, 3.05) is 27.2 Å². The van der Waals surface area contributed by atoms with Crippen molar-refractivity contribution in [3.05, 3.63) is 0 Å². The van der Waals surface area contributed by atoms with Gasteiger partial charge >= 0.3 is 12.0 Å². The number of carboxylic acid groups (broad SMARTS) is 1. The van der Waals surface area contributed by atoms with Crippen molar-refractivity contribution < 1.29 is 14.7 Å². The van der Waals surface area contributed by atoms with Gasteiger partial charge in [0.1, 0.15) is 0 Å². The predicted octanol–water partition coefficient (Wildman–Crippen LogP) is 1.41. The molecule has 116 valence electrons. The average molecular weight is 285 g/mol. The second-order valence-electron chi connectivity index (χ2n) is 5.95. The Balaban J connectivity index is 2.27. The molecule has 6 heteroatoms. The number of hydrogen-bond acceptors (Lipinski definition) is 3. The van der Waals surface area contributed by atoms with Gasteiger partial charge in [-0.25, -0.2) is 4.79 Å². The summed E-state index contributed by atoms with van der Waals surface area (Å²) >= 11 is 0. The van der Waals surface area contributed by atoms with E-state index in [-0.39, 0.29) is 12.5 Å². The van der Waals surface area contributed by atoms with E-state index < -0.39 is 11.5 Å². The van der Waals surface area contributed by atoms with Gasteiger partial charge in [-0.3, -0.25) is 4.79 Å². The molecule has 1 aliphatic rings. The zero-order valence-corrected chi connectivity index (χ0v) is 12.6. The van der Waals surface area contributed by atoms with Gasteiger partial charge in [0.15, 0.2) is 0 Å². The molecule has 0 bridgehead atoms. The number of aliphatic carboxylic acids is 1. The van der Waals surface area contributed by atoms with E-state index in [0.29, 0.717) is 6.54 Å². The molecule has 0 unspecified atom stereocenters. The van der Waals surface area contributed by atoms with Gasteiger partial charge in [-0.1, -0.05) is 12.8 Å². The molecule has 20 heavy (non-hydrogen) atoms. The molecule has 0 aromatic carbocycles. The maximum absolute atomic E-state index is 11.9. The van der Waals surface area contributed by atoms with Crippen LogP contribution in [-0.4, -0.2) is 54.7 Å². The van der Waals surface area contributed by atoms with Gasteiger partial charge in [-0.05, 0) is 46.3 Å². The zero-order valence-electron chi connectivity index (χ0n) is 12.6. The third-order valence-electron chi connectivity index (χ3n) is 3.75. The summed E-state index contributed by atoms with van der Waals surface area (Å²) in [7, 11) is 4.05. The first-order chi connectivity index (χ1) is 9.43. The lowest BCUT2D eigenvalue weighted by atomic mass is 9.93. The van der Waals surface area contributed by atoms with Crippen LogP contribution in [0.1, 0.15) is 44.9 Å². The minimum atomic E-state index is -0.849. The SMILES string of the molecule is CN(C)CCCCNC(=O)NC1(CC(=O)O)CCCC1. The van der Waals surface area contributed by atoms with E-state index in [2.05, 4.69) is 15.5 Å². The minimum Gasteiger partial charge on any atom is -0.481 e. The molecule has 2 amide bonds. The number of rotatable bonds is 8. The van der Waals surface area contributed by atoms with Crippen LogP contribution in [0.4, 0.5) is 4.79 Å². The molecule has 0 aliphatic heterocycles. The number of carbonyl (C=O) groups is 2. The van der Waals surface area contributed by atoms with Crippen molar-refractivity contribution in [2.24, 2.45) is 0 Å². The lowest BCUT2D eigenvalue weighted by Crippen LogP contribution is -2.51. The Morgan fingerprint density at radius 1 is 1.20 bits per heavy atom. The highest BCUT2D eigenvalue weighted by Gasteiger charge is 2.37. The number of nitrogens with one attached hydrogen (secondary N) is 2. The standard InChI is InChI=1S/C14H27N3O3/c1-17(2)10-6-5-9-15-13(20)16-14(11-12(18)19)7-3-4-8-14/h3-11H2,1-2H3,(H,18,19)(H2,15,16,20). The summed E-state index contributed by atoms with van der Waals surface area (Å²) in [6.07, 6.45) is 5.46. The molecule has 1 rings (SSSR count). The van der Waals surface area contributed by atoms with E-state index in [1.54, 1.807) is 0 Å². The van der Waals surface area contributed by atoms with Crippen LogP contribution < -0.4 is 10.6 Å². The van der Waals surface area contributed by atoms with Crippen LogP contribution in [0.2, 0.25) is 0 Å². The Bertz CT molecular complexity index is 326. The van der Waals surface area contributed by atoms with Crippen molar-refractivity contribution in [2.45, 2.75) is 50.5 Å². The Morgan fingerprint density at radius 2 is 1.85 bits per heavy atom. The van der Waals surface area contributed by atoms with Crippen LogP contribution in [0, 0.1) is 0 Å². The largest absolute Gasteiger partial charge is 0.481 e. The third-order valence-corrected chi connectivity index (χ3v) is 3.75. The number of nitrogens with zero attached hydrogens (tertiary/aromatic N) is 1. The van der Waals surface area contributed by atoms with E-state index in [1.165, 1.54) is 0 Å². The highest BCUT2D eigenvalue weighted by atomic mass is 16.4. The summed E-state index contributed by atoms with van der Waals surface area (Å²) in [5, 5.41) is 14.7. The van der Waals surface area contributed by atoms with Crippen molar-refractivity contribution in [1.82, 2.24) is 15.5 Å². The first-order valence-corrected chi connectivity index (χ1v) is 7.36. The number of carboxylic acids is 1. The van der Waals surface area contributed by atoms with Crippen molar-refractivity contribution >= 4 is 12.0 Å². The molecule has 0 atom stereocenters. The molecule has 1 fully saturated rings. The number of urea groups is 1. The lowest BCUT2D eigenvalue weighted by molar-refractivity contribution is -0.138. The average Bonchev–Trinajstić information content (AvgIpc) is 2.75. The Labute approximate surface area is 120 Å². The fourth-order valence-corrected chi connectivity index (χ4v) is 2.73. The molecule has 3 N–H and O–H groups in total. The van der Waals surface area contributed by atoms with Crippen LogP contribution in [0.25, 0.3) is 0 Å². The quantitative estimate of drug-likeness (QED) is 0.589. The molecule has 1 aliphatic carbocycles. The van der Waals surface area contributed by atoms with Gasteiger partial charge < -0.3 is 20.6 Å². The van der Waals surface area contributed by atoms with E-state index in [4.69, 9.17) is 5.11 Å². The third kappa shape index (κ3) is 6.23. The molecule has 6 nitrogen and oxygen atoms in total. The summed E-state index contributed by atoms with van der Waals surface area (Å²) < 4.78 is 0. The smallest absolute Gasteiger partial charge is 0.315 e. The van der Waals surface area contributed by atoms with Gasteiger partial charge in [0.25, 0.3) is 0 Å².